The molecule has 0 saturated heterocycles. The highest BCUT2D eigenvalue weighted by molar-refractivity contribution is 7.89. The van der Waals surface area contributed by atoms with Gasteiger partial charge in [-0.05, 0) is 22.4 Å². The number of nitrogens with one attached hydrogen (secondary N) is 1. The Bertz CT molecular complexity index is 652. The molecule has 0 fully saturated rings. The van der Waals surface area contributed by atoms with Crippen LogP contribution in [0.4, 0.5) is 0 Å². The number of rotatable bonds is 5. The Morgan fingerprint density at radius 1 is 1.63 bits per heavy atom. The van der Waals surface area contributed by atoms with Crippen LogP contribution in [0.5, 0.6) is 0 Å². The lowest BCUT2D eigenvalue weighted by molar-refractivity contribution is 0.182. The van der Waals surface area contributed by atoms with Gasteiger partial charge in [-0.2, -0.15) is 11.3 Å². The Morgan fingerprint density at radius 2 is 2.37 bits per heavy atom. The average Bonchev–Trinajstić information content (AvgIpc) is 2.98. The number of thiophene rings is 1. The minimum Gasteiger partial charge on any atom is -0.387 e. The quantitative estimate of drug-likeness (QED) is 0.865. The fourth-order valence-electron chi connectivity index (χ4n) is 1.41. The molecule has 0 aliphatic carbocycles. The molecule has 2 rings (SSSR count). The van der Waals surface area contributed by atoms with Gasteiger partial charge in [0.1, 0.15) is 5.15 Å². The van der Waals surface area contributed by atoms with Gasteiger partial charge in [0.25, 0.3) is 10.0 Å². The van der Waals surface area contributed by atoms with E-state index in [1.54, 1.807) is 18.5 Å². The Hall–Kier alpha value is -0.930. The van der Waals surface area contributed by atoms with Gasteiger partial charge in [0, 0.05) is 13.6 Å². The van der Waals surface area contributed by atoms with Crippen molar-refractivity contribution >= 4 is 33.0 Å². The van der Waals surface area contributed by atoms with Crippen LogP contribution in [0.1, 0.15) is 11.7 Å². The molecule has 2 aromatic heterocycles. The zero-order valence-electron chi connectivity index (χ0n) is 9.95. The van der Waals surface area contributed by atoms with Crippen molar-refractivity contribution in [2.45, 2.75) is 11.1 Å². The van der Waals surface area contributed by atoms with Crippen LogP contribution < -0.4 is 4.72 Å². The van der Waals surface area contributed by atoms with Crippen LogP contribution in [0, 0.1) is 0 Å². The summed E-state index contributed by atoms with van der Waals surface area (Å²) in [6, 6.07) is 1.73. The zero-order valence-corrected chi connectivity index (χ0v) is 12.3. The molecule has 104 valence electrons. The number of sulfonamides is 1. The first kappa shape index (κ1) is 14.5. The van der Waals surface area contributed by atoms with Crippen molar-refractivity contribution in [2.75, 3.05) is 6.54 Å². The molecule has 0 aromatic carbocycles. The lowest BCUT2D eigenvalue weighted by Gasteiger charge is -2.10. The molecule has 9 heteroatoms. The highest BCUT2D eigenvalue weighted by Crippen LogP contribution is 2.20. The fraction of sp³-hybridized carbons (Fsp3) is 0.300. The molecule has 0 amide bonds. The van der Waals surface area contributed by atoms with Crippen LogP contribution in [0.3, 0.4) is 0 Å². The van der Waals surface area contributed by atoms with Gasteiger partial charge in [-0.1, -0.05) is 11.6 Å². The predicted octanol–water partition coefficient (Wildman–Crippen LogP) is 1.15. The van der Waals surface area contributed by atoms with Gasteiger partial charge < -0.3 is 9.67 Å². The van der Waals surface area contributed by atoms with Crippen LogP contribution in [-0.4, -0.2) is 29.6 Å². The Kier molecular flexibility index (Phi) is 4.26. The molecule has 1 unspecified atom stereocenters. The largest absolute Gasteiger partial charge is 0.387 e. The third-order valence-electron chi connectivity index (χ3n) is 2.48. The third-order valence-corrected chi connectivity index (χ3v) is 5.10. The molecule has 0 aliphatic heterocycles. The number of hydrogen-bond acceptors (Lipinski definition) is 5. The Labute approximate surface area is 119 Å². The number of imidazole rings is 1. The summed E-state index contributed by atoms with van der Waals surface area (Å²) in [6.07, 6.45) is 0.412. The van der Waals surface area contributed by atoms with E-state index < -0.39 is 16.1 Å². The van der Waals surface area contributed by atoms with Gasteiger partial charge in [-0.15, -0.1) is 0 Å². The second kappa shape index (κ2) is 5.59. The summed E-state index contributed by atoms with van der Waals surface area (Å²) in [5.41, 5.74) is 0.666. The van der Waals surface area contributed by atoms with E-state index in [1.165, 1.54) is 22.2 Å². The van der Waals surface area contributed by atoms with Crippen molar-refractivity contribution in [1.29, 1.82) is 0 Å². The number of aliphatic hydroxyl groups is 1. The van der Waals surface area contributed by atoms with E-state index in [1.807, 2.05) is 5.38 Å². The predicted molar refractivity (Wildman–Crippen MR) is 72.7 cm³/mol. The second-order valence-corrected chi connectivity index (χ2v) is 6.70. The molecule has 2 N–H and O–H groups in total. The molecule has 2 aromatic rings. The SMILES string of the molecule is Cn1cnc(S(=O)(=O)NCC(O)c2ccsc2)c1Cl. The van der Waals surface area contributed by atoms with Gasteiger partial charge in [0.15, 0.2) is 0 Å². The fourth-order valence-corrected chi connectivity index (χ4v) is 3.58. The summed E-state index contributed by atoms with van der Waals surface area (Å²) in [7, 11) is -2.23. The normalized spacial score (nSPS) is 13.6. The molecule has 2 heterocycles. The Morgan fingerprint density at radius 3 is 2.89 bits per heavy atom. The summed E-state index contributed by atoms with van der Waals surface area (Å²) in [6.45, 7) is -0.133. The van der Waals surface area contributed by atoms with Crippen LogP contribution in [0.15, 0.2) is 28.2 Å². The van der Waals surface area contributed by atoms with Crippen molar-refractivity contribution in [3.05, 3.63) is 33.9 Å². The lowest BCUT2D eigenvalue weighted by Crippen LogP contribution is -2.29. The lowest BCUT2D eigenvalue weighted by atomic mass is 10.2. The first-order valence-electron chi connectivity index (χ1n) is 5.28. The molecule has 0 saturated carbocycles. The standard InChI is InChI=1S/C10H12ClN3O3S2/c1-14-6-12-10(9(14)11)19(16,17)13-4-8(15)7-2-3-18-5-7/h2-3,5-6,8,13,15H,4H2,1H3. The highest BCUT2D eigenvalue weighted by Gasteiger charge is 2.23. The van der Waals surface area contributed by atoms with Crippen LogP contribution in [-0.2, 0) is 17.1 Å². The molecular formula is C10H12ClN3O3S2. The van der Waals surface area contributed by atoms with E-state index in [2.05, 4.69) is 9.71 Å². The summed E-state index contributed by atoms with van der Waals surface area (Å²) < 4.78 is 27.6. The number of nitrogens with zero attached hydrogens (tertiary/aromatic N) is 2. The average molecular weight is 322 g/mol. The highest BCUT2D eigenvalue weighted by atomic mass is 35.5. The van der Waals surface area contributed by atoms with Crippen LogP contribution in [0.25, 0.3) is 0 Å². The van der Waals surface area contributed by atoms with E-state index in [9.17, 15) is 13.5 Å². The maximum atomic E-state index is 12.0. The number of aromatic nitrogens is 2. The van der Waals surface area contributed by atoms with E-state index in [-0.39, 0.29) is 16.7 Å². The number of aryl methyl sites for hydroxylation is 1. The maximum absolute atomic E-state index is 12.0. The summed E-state index contributed by atoms with van der Waals surface area (Å²) in [5, 5.41) is 13.2. The molecule has 19 heavy (non-hydrogen) atoms. The van der Waals surface area contributed by atoms with Gasteiger partial charge in [0.05, 0.1) is 12.4 Å². The van der Waals surface area contributed by atoms with Gasteiger partial charge in [0.2, 0.25) is 5.03 Å². The van der Waals surface area contributed by atoms with E-state index in [0.29, 0.717) is 5.56 Å². The number of aliphatic hydroxyl groups excluding tert-OH is 1. The van der Waals surface area contributed by atoms with Crippen molar-refractivity contribution < 1.29 is 13.5 Å². The first-order valence-corrected chi connectivity index (χ1v) is 8.09. The summed E-state index contributed by atoms with van der Waals surface area (Å²) in [4.78, 5) is 3.73. The van der Waals surface area contributed by atoms with Crippen molar-refractivity contribution in [3.63, 3.8) is 0 Å². The molecular weight excluding hydrogens is 310 g/mol. The van der Waals surface area contributed by atoms with E-state index in [4.69, 9.17) is 11.6 Å². The first-order chi connectivity index (χ1) is 8.92. The number of hydrogen-bond donors (Lipinski definition) is 2. The van der Waals surface area contributed by atoms with Gasteiger partial charge in [-0.3, -0.25) is 0 Å². The minimum absolute atomic E-state index is 0.0255. The number of halogens is 1. The van der Waals surface area contributed by atoms with Gasteiger partial charge in [-0.25, -0.2) is 18.1 Å². The van der Waals surface area contributed by atoms with Crippen LogP contribution in [0.2, 0.25) is 5.15 Å². The second-order valence-electron chi connectivity index (χ2n) is 3.88. The topological polar surface area (TPSA) is 84.2 Å². The van der Waals surface area contributed by atoms with Crippen LogP contribution >= 0.6 is 22.9 Å². The molecule has 6 nitrogen and oxygen atoms in total. The molecule has 1 atom stereocenters. The van der Waals surface area contributed by atoms with Crippen molar-refractivity contribution in [1.82, 2.24) is 14.3 Å². The van der Waals surface area contributed by atoms with E-state index in [0.717, 1.165) is 0 Å². The summed E-state index contributed by atoms with van der Waals surface area (Å²) in [5.74, 6) is 0. The van der Waals surface area contributed by atoms with Crippen molar-refractivity contribution in [3.8, 4) is 0 Å². The Balaban J connectivity index is 2.08. The maximum Gasteiger partial charge on any atom is 0.261 e. The summed E-state index contributed by atoms with van der Waals surface area (Å²) >= 11 is 7.26. The zero-order chi connectivity index (χ0) is 14.0. The monoisotopic (exact) mass is 321 g/mol. The third kappa shape index (κ3) is 3.15. The van der Waals surface area contributed by atoms with Gasteiger partial charge >= 0.3 is 0 Å². The molecule has 0 bridgehead atoms. The minimum atomic E-state index is -3.83. The smallest absolute Gasteiger partial charge is 0.261 e. The molecule has 0 spiro atoms. The van der Waals surface area contributed by atoms with E-state index >= 15 is 0 Å². The van der Waals surface area contributed by atoms with Crippen molar-refractivity contribution in [2.24, 2.45) is 7.05 Å². The molecule has 0 radical (unpaired) electrons. The molecule has 0 aliphatic rings.